The van der Waals surface area contributed by atoms with Gasteiger partial charge in [0.05, 0.1) is 11.9 Å². The van der Waals surface area contributed by atoms with Gasteiger partial charge < -0.3 is 10.0 Å². The predicted octanol–water partition coefficient (Wildman–Crippen LogP) is 2.21. The Labute approximate surface area is 124 Å². The van der Waals surface area contributed by atoms with Crippen molar-refractivity contribution in [2.24, 2.45) is 5.92 Å². The first kappa shape index (κ1) is 15.3. The summed E-state index contributed by atoms with van der Waals surface area (Å²) >= 11 is 0. The molecule has 1 atom stereocenters. The van der Waals surface area contributed by atoms with Crippen molar-refractivity contribution in [3.63, 3.8) is 0 Å². The number of amides is 2. The number of likely N-dealkylation sites (tertiary alicyclic amines) is 1. The van der Waals surface area contributed by atoms with Crippen LogP contribution in [0.15, 0.2) is 24.5 Å². The number of nitrogens with zero attached hydrogens (tertiary/aromatic N) is 3. The molecule has 2 rings (SSSR count). The quantitative estimate of drug-likeness (QED) is 0.923. The number of aliphatic carboxylic acids is 1. The molecule has 1 saturated heterocycles. The largest absolute Gasteiger partial charge is 0.481 e. The summed E-state index contributed by atoms with van der Waals surface area (Å²) in [5, 5.41) is 8.76. The Morgan fingerprint density at radius 2 is 2.33 bits per heavy atom. The minimum Gasteiger partial charge on any atom is -0.481 e. The van der Waals surface area contributed by atoms with Gasteiger partial charge in [0.15, 0.2) is 0 Å². The van der Waals surface area contributed by atoms with Gasteiger partial charge in [-0.05, 0) is 37.3 Å². The molecule has 1 aromatic heterocycles. The van der Waals surface area contributed by atoms with Crippen molar-refractivity contribution in [3.05, 3.63) is 24.5 Å². The average molecular weight is 291 g/mol. The summed E-state index contributed by atoms with van der Waals surface area (Å²) in [7, 11) is 1.74. The molecule has 1 aliphatic heterocycles. The van der Waals surface area contributed by atoms with Gasteiger partial charge in [-0.25, -0.2) is 4.79 Å². The molecule has 114 valence electrons. The standard InChI is InChI=1S/C15H21N3O3/c1-17(13-5-2-8-16-10-13)15(21)18-9-3-4-12(11-18)6-7-14(19)20/h2,5,8,10,12H,3-4,6-7,9,11H2,1H3,(H,19,20). The fourth-order valence-electron chi connectivity index (χ4n) is 2.68. The van der Waals surface area contributed by atoms with Crippen LogP contribution in [0.5, 0.6) is 0 Å². The van der Waals surface area contributed by atoms with Crippen molar-refractivity contribution in [3.8, 4) is 0 Å². The third-order valence-electron chi connectivity index (χ3n) is 3.88. The molecule has 1 N–H and O–H groups in total. The van der Waals surface area contributed by atoms with Crippen LogP contribution in [0.25, 0.3) is 0 Å². The highest BCUT2D eigenvalue weighted by atomic mass is 16.4. The zero-order valence-corrected chi connectivity index (χ0v) is 12.2. The summed E-state index contributed by atoms with van der Waals surface area (Å²) in [5.41, 5.74) is 0.759. The van der Waals surface area contributed by atoms with Crippen LogP contribution < -0.4 is 4.90 Å². The lowest BCUT2D eigenvalue weighted by Crippen LogP contribution is -2.46. The van der Waals surface area contributed by atoms with Crippen LogP contribution in [0, 0.1) is 5.92 Å². The number of urea groups is 1. The summed E-state index contributed by atoms with van der Waals surface area (Å²) in [6, 6.07) is 3.59. The summed E-state index contributed by atoms with van der Waals surface area (Å²) in [5.74, 6) is -0.493. The number of anilines is 1. The Morgan fingerprint density at radius 1 is 1.52 bits per heavy atom. The Balaban J connectivity index is 1.94. The average Bonchev–Trinajstić information content (AvgIpc) is 2.52. The Hall–Kier alpha value is -2.11. The van der Waals surface area contributed by atoms with E-state index in [-0.39, 0.29) is 18.4 Å². The lowest BCUT2D eigenvalue weighted by atomic mass is 9.93. The molecule has 2 heterocycles. The predicted molar refractivity (Wildman–Crippen MR) is 79.2 cm³/mol. The summed E-state index contributed by atoms with van der Waals surface area (Å²) < 4.78 is 0. The van der Waals surface area contributed by atoms with E-state index in [2.05, 4.69) is 4.98 Å². The van der Waals surface area contributed by atoms with Crippen molar-refractivity contribution >= 4 is 17.7 Å². The monoisotopic (exact) mass is 291 g/mol. The van der Waals surface area contributed by atoms with Crippen LogP contribution in [0.4, 0.5) is 10.5 Å². The Bertz CT molecular complexity index is 492. The van der Waals surface area contributed by atoms with Crippen LogP contribution >= 0.6 is 0 Å². The van der Waals surface area contributed by atoms with Crippen LogP contribution in [0.2, 0.25) is 0 Å². The highest BCUT2D eigenvalue weighted by molar-refractivity contribution is 5.91. The van der Waals surface area contributed by atoms with E-state index in [4.69, 9.17) is 5.11 Å². The fourth-order valence-corrected chi connectivity index (χ4v) is 2.68. The normalized spacial score (nSPS) is 18.3. The second-order valence-corrected chi connectivity index (χ2v) is 5.44. The van der Waals surface area contributed by atoms with E-state index in [1.165, 1.54) is 0 Å². The maximum Gasteiger partial charge on any atom is 0.324 e. The van der Waals surface area contributed by atoms with E-state index in [0.29, 0.717) is 13.0 Å². The van der Waals surface area contributed by atoms with Gasteiger partial charge in [-0.1, -0.05) is 0 Å². The number of pyridine rings is 1. The van der Waals surface area contributed by atoms with Crippen molar-refractivity contribution < 1.29 is 14.7 Å². The third-order valence-corrected chi connectivity index (χ3v) is 3.88. The first-order chi connectivity index (χ1) is 10.1. The molecule has 6 heteroatoms. The second-order valence-electron chi connectivity index (χ2n) is 5.44. The first-order valence-electron chi connectivity index (χ1n) is 7.22. The van der Waals surface area contributed by atoms with E-state index in [0.717, 1.165) is 25.1 Å². The summed E-state index contributed by atoms with van der Waals surface area (Å²) in [6.45, 7) is 1.36. The molecule has 0 radical (unpaired) electrons. The number of carboxylic acids is 1. The van der Waals surface area contributed by atoms with Crippen molar-refractivity contribution in [1.29, 1.82) is 0 Å². The Morgan fingerprint density at radius 3 is 3.00 bits per heavy atom. The minimum atomic E-state index is -0.772. The SMILES string of the molecule is CN(C(=O)N1CCCC(CCC(=O)O)C1)c1cccnc1. The highest BCUT2D eigenvalue weighted by Gasteiger charge is 2.26. The van der Waals surface area contributed by atoms with Crippen LogP contribution in [-0.2, 0) is 4.79 Å². The van der Waals surface area contributed by atoms with E-state index in [1.807, 2.05) is 11.0 Å². The number of carbonyl (C=O) groups excluding carboxylic acids is 1. The molecule has 0 spiro atoms. The van der Waals surface area contributed by atoms with Crippen LogP contribution in [0.1, 0.15) is 25.7 Å². The number of hydrogen-bond donors (Lipinski definition) is 1. The lowest BCUT2D eigenvalue weighted by molar-refractivity contribution is -0.137. The van der Waals surface area contributed by atoms with Gasteiger partial charge in [0.2, 0.25) is 0 Å². The molecule has 1 unspecified atom stereocenters. The van der Waals surface area contributed by atoms with E-state index >= 15 is 0 Å². The summed E-state index contributed by atoms with van der Waals surface area (Å²) in [6.07, 6.45) is 6.06. The zero-order chi connectivity index (χ0) is 15.2. The smallest absolute Gasteiger partial charge is 0.324 e. The molecule has 1 aliphatic rings. The molecule has 6 nitrogen and oxygen atoms in total. The molecule has 1 aromatic rings. The number of carbonyl (C=O) groups is 2. The van der Waals surface area contributed by atoms with Crippen LogP contribution in [-0.4, -0.2) is 47.1 Å². The number of piperidine rings is 1. The molecular formula is C15H21N3O3. The molecule has 0 aromatic carbocycles. The first-order valence-corrected chi connectivity index (χ1v) is 7.22. The molecule has 1 fully saturated rings. The Kier molecular flexibility index (Phi) is 5.14. The van der Waals surface area contributed by atoms with E-state index in [1.54, 1.807) is 30.4 Å². The minimum absolute atomic E-state index is 0.0528. The van der Waals surface area contributed by atoms with E-state index in [9.17, 15) is 9.59 Å². The molecular weight excluding hydrogens is 270 g/mol. The molecule has 0 bridgehead atoms. The van der Waals surface area contributed by atoms with Gasteiger partial charge in [0.25, 0.3) is 0 Å². The van der Waals surface area contributed by atoms with Gasteiger partial charge >= 0.3 is 12.0 Å². The van der Waals surface area contributed by atoms with Gasteiger partial charge in [0.1, 0.15) is 0 Å². The third kappa shape index (κ3) is 4.18. The molecule has 21 heavy (non-hydrogen) atoms. The second kappa shape index (κ2) is 7.06. The fraction of sp³-hybridized carbons (Fsp3) is 0.533. The number of hydrogen-bond acceptors (Lipinski definition) is 3. The summed E-state index contributed by atoms with van der Waals surface area (Å²) in [4.78, 5) is 30.6. The molecule has 2 amide bonds. The van der Waals surface area contributed by atoms with Gasteiger partial charge in [-0.3, -0.25) is 14.7 Å². The van der Waals surface area contributed by atoms with Crippen molar-refractivity contribution in [2.45, 2.75) is 25.7 Å². The van der Waals surface area contributed by atoms with Gasteiger partial charge in [-0.15, -0.1) is 0 Å². The van der Waals surface area contributed by atoms with Crippen molar-refractivity contribution in [2.75, 3.05) is 25.0 Å². The molecule has 0 saturated carbocycles. The number of rotatable bonds is 4. The highest BCUT2D eigenvalue weighted by Crippen LogP contribution is 2.23. The number of carboxylic acid groups (broad SMARTS) is 1. The van der Waals surface area contributed by atoms with Crippen LogP contribution in [0.3, 0.4) is 0 Å². The van der Waals surface area contributed by atoms with Gasteiger partial charge in [0, 0.05) is 32.8 Å². The molecule has 0 aliphatic carbocycles. The maximum absolute atomic E-state index is 12.5. The zero-order valence-electron chi connectivity index (χ0n) is 12.2. The topological polar surface area (TPSA) is 73.7 Å². The van der Waals surface area contributed by atoms with Crippen molar-refractivity contribution in [1.82, 2.24) is 9.88 Å². The van der Waals surface area contributed by atoms with E-state index < -0.39 is 5.97 Å². The maximum atomic E-state index is 12.5. The lowest BCUT2D eigenvalue weighted by Gasteiger charge is -2.35. The van der Waals surface area contributed by atoms with Gasteiger partial charge in [-0.2, -0.15) is 0 Å². The number of aromatic nitrogens is 1.